The molecule has 1 heterocycles. The van der Waals surface area contributed by atoms with Gasteiger partial charge in [-0.1, -0.05) is 43.7 Å². The van der Waals surface area contributed by atoms with E-state index in [-0.39, 0.29) is 12.1 Å². The highest BCUT2D eigenvalue weighted by molar-refractivity contribution is 5.89. The number of carbonyl (C=O) groups is 1. The highest BCUT2D eigenvalue weighted by Crippen LogP contribution is 2.27. The second-order valence-electron chi connectivity index (χ2n) is 7.14. The fourth-order valence-electron chi connectivity index (χ4n) is 3.45. The van der Waals surface area contributed by atoms with E-state index >= 15 is 0 Å². The van der Waals surface area contributed by atoms with Gasteiger partial charge >= 0.3 is 5.97 Å². The van der Waals surface area contributed by atoms with Gasteiger partial charge in [0, 0.05) is 11.6 Å². The monoisotopic (exact) mass is 400 g/mol. The van der Waals surface area contributed by atoms with Crippen molar-refractivity contribution in [3.8, 4) is 11.4 Å². The van der Waals surface area contributed by atoms with Crippen LogP contribution in [0.25, 0.3) is 16.6 Å². The lowest BCUT2D eigenvalue weighted by Crippen LogP contribution is -2.08. The maximum absolute atomic E-state index is 11.7. The molecule has 5 nitrogen and oxygen atoms in total. The Morgan fingerprint density at radius 2 is 1.73 bits per heavy atom. The van der Waals surface area contributed by atoms with Crippen molar-refractivity contribution < 1.29 is 14.3 Å². The van der Waals surface area contributed by atoms with Crippen LogP contribution in [-0.2, 0) is 4.74 Å². The fourth-order valence-corrected chi connectivity index (χ4v) is 3.45. The van der Waals surface area contributed by atoms with Gasteiger partial charge in [-0.05, 0) is 54.4 Å². The van der Waals surface area contributed by atoms with Crippen LogP contribution in [0.15, 0.2) is 79.0 Å². The summed E-state index contributed by atoms with van der Waals surface area (Å²) in [6.07, 6.45) is 3.80. The smallest absolute Gasteiger partial charge is 0.337 e. The van der Waals surface area contributed by atoms with Crippen molar-refractivity contribution in [3.63, 3.8) is 0 Å². The number of nitrogens with zero attached hydrogens (tertiary/aromatic N) is 2. The van der Waals surface area contributed by atoms with Crippen LogP contribution in [-0.4, -0.2) is 22.9 Å². The molecule has 3 aromatic carbocycles. The molecule has 0 fully saturated rings. The molecule has 4 rings (SSSR count). The van der Waals surface area contributed by atoms with E-state index < -0.39 is 0 Å². The van der Waals surface area contributed by atoms with Gasteiger partial charge in [-0.2, -0.15) is 5.10 Å². The Morgan fingerprint density at radius 3 is 2.40 bits per heavy atom. The van der Waals surface area contributed by atoms with Gasteiger partial charge in [-0.25, -0.2) is 9.48 Å². The van der Waals surface area contributed by atoms with Gasteiger partial charge in [0.1, 0.15) is 11.9 Å². The zero-order valence-electron chi connectivity index (χ0n) is 17.1. The van der Waals surface area contributed by atoms with E-state index in [0.717, 1.165) is 40.7 Å². The summed E-state index contributed by atoms with van der Waals surface area (Å²) in [5, 5.41) is 5.73. The number of rotatable bonds is 7. The predicted octanol–water partition coefficient (Wildman–Crippen LogP) is 5.73. The third-order valence-corrected chi connectivity index (χ3v) is 5.05. The maximum Gasteiger partial charge on any atom is 0.337 e. The minimum atomic E-state index is -0.337. The molecule has 0 radical (unpaired) electrons. The zero-order chi connectivity index (χ0) is 20.9. The molecule has 30 heavy (non-hydrogen) atoms. The largest absolute Gasteiger partial charge is 0.486 e. The number of methoxy groups -OCH3 is 1. The fraction of sp³-hybridized carbons (Fsp3) is 0.200. The molecule has 1 atom stereocenters. The normalized spacial score (nSPS) is 11.9. The minimum Gasteiger partial charge on any atom is -0.486 e. The predicted molar refractivity (Wildman–Crippen MR) is 117 cm³/mol. The third-order valence-electron chi connectivity index (χ3n) is 5.05. The lowest BCUT2D eigenvalue weighted by Gasteiger charge is -2.19. The highest BCUT2D eigenvalue weighted by atomic mass is 16.5. The van der Waals surface area contributed by atoms with E-state index in [2.05, 4.69) is 18.1 Å². The molecule has 0 amide bonds. The number of carbonyl (C=O) groups excluding carboxylic acids is 1. The van der Waals surface area contributed by atoms with Crippen LogP contribution in [0, 0.1) is 0 Å². The second kappa shape index (κ2) is 8.82. The number of benzene rings is 3. The quantitative estimate of drug-likeness (QED) is 0.372. The Hall–Kier alpha value is -3.60. The van der Waals surface area contributed by atoms with E-state index in [4.69, 9.17) is 9.47 Å². The van der Waals surface area contributed by atoms with Crippen LogP contribution in [0.1, 0.15) is 41.8 Å². The van der Waals surface area contributed by atoms with Crippen molar-refractivity contribution >= 4 is 16.9 Å². The molecule has 0 aliphatic heterocycles. The minimum absolute atomic E-state index is 0.0835. The van der Waals surface area contributed by atoms with Gasteiger partial charge in [-0.3, -0.25) is 0 Å². The SMILES string of the molecule is CCC[C@H](Oc1ccc(-n2cc3ccccc3n2)cc1)c1ccc(C(=O)OC)cc1. The first-order chi connectivity index (χ1) is 14.7. The van der Waals surface area contributed by atoms with Crippen molar-refractivity contribution in [2.75, 3.05) is 7.11 Å². The number of hydrogen-bond acceptors (Lipinski definition) is 4. The summed E-state index contributed by atoms with van der Waals surface area (Å²) in [5.41, 5.74) is 3.52. The van der Waals surface area contributed by atoms with Crippen molar-refractivity contribution in [1.82, 2.24) is 9.78 Å². The number of hydrogen-bond donors (Lipinski definition) is 0. The standard InChI is InChI=1S/C25H24N2O3/c1-3-6-24(18-9-11-19(12-10-18)25(28)29-2)30-22-15-13-21(14-16-22)27-17-20-7-4-5-8-23(20)26-27/h4-5,7-17,24H,3,6H2,1-2H3/t24-/m0/s1. The topological polar surface area (TPSA) is 53.4 Å². The van der Waals surface area contributed by atoms with Crippen LogP contribution in [0.5, 0.6) is 5.75 Å². The number of esters is 1. The Kier molecular flexibility index (Phi) is 5.80. The van der Waals surface area contributed by atoms with Crippen molar-refractivity contribution in [2.45, 2.75) is 25.9 Å². The Morgan fingerprint density at radius 1 is 1.00 bits per heavy atom. The van der Waals surface area contributed by atoms with Gasteiger partial charge in [0.15, 0.2) is 0 Å². The molecule has 4 aromatic rings. The molecule has 0 saturated heterocycles. The Labute approximate surface area is 175 Å². The Balaban J connectivity index is 1.51. The highest BCUT2D eigenvalue weighted by Gasteiger charge is 2.14. The number of aromatic nitrogens is 2. The van der Waals surface area contributed by atoms with Crippen LogP contribution in [0.2, 0.25) is 0 Å². The van der Waals surface area contributed by atoms with E-state index in [9.17, 15) is 4.79 Å². The first kappa shape index (κ1) is 19.7. The summed E-state index contributed by atoms with van der Waals surface area (Å²) in [5.74, 6) is 0.460. The molecule has 0 N–H and O–H groups in total. The first-order valence-electron chi connectivity index (χ1n) is 10.1. The van der Waals surface area contributed by atoms with Crippen LogP contribution in [0.3, 0.4) is 0 Å². The molecular weight excluding hydrogens is 376 g/mol. The van der Waals surface area contributed by atoms with E-state index in [1.54, 1.807) is 12.1 Å². The summed E-state index contributed by atoms with van der Waals surface area (Å²) in [4.78, 5) is 11.7. The van der Waals surface area contributed by atoms with Crippen LogP contribution in [0.4, 0.5) is 0 Å². The van der Waals surface area contributed by atoms with Crippen LogP contribution >= 0.6 is 0 Å². The lowest BCUT2D eigenvalue weighted by atomic mass is 10.0. The summed E-state index contributed by atoms with van der Waals surface area (Å²) in [7, 11) is 1.38. The van der Waals surface area contributed by atoms with Gasteiger partial charge < -0.3 is 9.47 Å². The molecule has 0 aliphatic carbocycles. The van der Waals surface area contributed by atoms with E-state index in [0.29, 0.717) is 5.56 Å². The molecule has 0 bridgehead atoms. The number of fused-ring (bicyclic) bond motifs is 1. The van der Waals surface area contributed by atoms with Crippen molar-refractivity contribution in [1.29, 1.82) is 0 Å². The summed E-state index contributed by atoms with van der Waals surface area (Å²) in [6.45, 7) is 2.13. The maximum atomic E-state index is 11.7. The summed E-state index contributed by atoms with van der Waals surface area (Å²) < 4.78 is 12.9. The molecule has 0 aliphatic rings. The molecule has 152 valence electrons. The molecule has 0 spiro atoms. The average Bonchev–Trinajstić information content (AvgIpc) is 3.23. The molecular formula is C25H24N2O3. The van der Waals surface area contributed by atoms with Crippen LogP contribution < -0.4 is 4.74 Å². The molecule has 0 saturated carbocycles. The molecule has 1 aromatic heterocycles. The molecule has 0 unspecified atom stereocenters. The molecule has 5 heteroatoms. The number of ether oxygens (including phenoxy) is 2. The lowest BCUT2D eigenvalue weighted by molar-refractivity contribution is 0.0600. The zero-order valence-corrected chi connectivity index (χ0v) is 17.1. The van der Waals surface area contributed by atoms with Gasteiger partial charge in [0.25, 0.3) is 0 Å². The average molecular weight is 400 g/mol. The van der Waals surface area contributed by atoms with Gasteiger partial charge in [0.05, 0.1) is 23.9 Å². The van der Waals surface area contributed by atoms with E-state index in [1.807, 2.05) is 65.5 Å². The summed E-state index contributed by atoms with van der Waals surface area (Å²) in [6, 6.07) is 23.4. The van der Waals surface area contributed by atoms with Gasteiger partial charge in [0.2, 0.25) is 0 Å². The first-order valence-corrected chi connectivity index (χ1v) is 10.1. The summed E-state index contributed by atoms with van der Waals surface area (Å²) >= 11 is 0. The van der Waals surface area contributed by atoms with E-state index in [1.165, 1.54) is 7.11 Å². The van der Waals surface area contributed by atoms with Crippen molar-refractivity contribution in [2.24, 2.45) is 0 Å². The second-order valence-corrected chi connectivity index (χ2v) is 7.14. The Bertz CT molecular complexity index is 1100. The van der Waals surface area contributed by atoms with Gasteiger partial charge in [-0.15, -0.1) is 0 Å². The van der Waals surface area contributed by atoms with Crippen molar-refractivity contribution in [3.05, 3.63) is 90.1 Å². The third kappa shape index (κ3) is 4.20.